The summed E-state index contributed by atoms with van der Waals surface area (Å²) in [6, 6.07) is 8.78. The molecule has 0 saturated carbocycles. The van der Waals surface area contributed by atoms with Crippen LogP contribution >= 0.6 is 0 Å². The summed E-state index contributed by atoms with van der Waals surface area (Å²) < 4.78 is 53.3. The zero-order valence-corrected chi connectivity index (χ0v) is 24.6. The Labute approximate surface area is 256 Å². The fraction of sp³-hybridized carbons (Fsp3) is 0.344. The highest BCUT2D eigenvalue weighted by molar-refractivity contribution is 6.19. The first-order valence-electron chi connectivity index (χ1n) is 14.5. The Morgan fingerprint density at radius 3 is 2.62 bits per heavy atom. The summed E-state index contributed by atoms with van der Waals surface area (Å²) in [5.74, 6) is -0.897. The van der Waals surface area contributed by atoms with Crippen LogP contribution < -0.4 is 4.90 Å². The Balaban J connectivity index is 1.41. The number of aromatic amines is 1. The summed E-state index contributed by atoms with van der Waals surface area (Å²) in [5, 5.41) is 13.3. The van der Waals surface area contributed by atoms with E-state index >= 15 is 0 Å². The lowest BCUT2D eigenvalue weighted by molar-refractivity contribution is -0.138. The van der Waals surface area contributed by atoms with Crippen LogP contribution in [0.15, 0.2) is 76.0 Å². The fourth-order valence-electron chi connectivity index (χ4n) is 5.24. The third-order valence-corrected chi connectivity index (χ3v) is 7.49. The number of aliphatic carboxylic acids is 1. The first-order valence-corrected chi connectivity index (χ1v) is 14.5. The standard InChI is InChI=1S/C32H31F4N5O4/c1-3-6-19(26-18-31(2,45-40-26)30-38-24-14-9-20(32(34,35)36)16-25(24)39-30)15-22-17-28(42)41(23-12-10-21(33)11-13-23)27(37-22)7-4-5-8-29(43)44/h6,9-16H,3-5,7-8,17-18H2,1-2H3,(H,38,39)(H,43,44)/b19-6+,22-15+/t31-/m1/s1. The Kier molecular flexibility index (Phi) is 8.89. The molecule has 0 unspecified atom stereocenters. The molecule has 0 radical (unpaired) electrons. The van der Waals surface area contributed by atoms with E-state index in [9.17, 15) is 27.2 Å². The molecule has 0 fully saturated rings. The zero-order valence-electron chi connectivity index (χ0n) is 24.6. The van der Waals surface area contributed by atoms with Gasteiger partial charge in [0, 0.05) is 19.3 Å². The van der Waals surface area contributed by atoms with Crippen molar-refractivity contribution in [2.24, 2.45) is 10.1 Å². The average Bonchev–Trinajstić information content (AvgIpc) is 3.60. The first-order chi connectivity index (χ1) is 21.4. The van der Waals surface area contributed by atoms with Crippen molar-refractivity contribution in [2.45, 2.75) is 70.6 Å². The maximum Gasteiger partial charge on any atom is 0.416 e. The number of halogens is 4. The number of fused-ring (bicyclic) bond motifs is 1. The molecule has 3 aromatic rings. The normalized spacial score (nSPS) is 20.0. The van der Waals surface area contributed by atoms with Crippen molar-refractivity contribution < 1.29 is 37.1 Å². The van der Waals surface area contributed by atoms with Gasteiger partial charge < -0.3 is 14.9 Å². The number of amidine groups is 1. The number of amides is 1. The molecule has 2 aliphatic heterocycles. The number of unbranched alkanes of at least 4 members (excludes halogenated alkanes) is 1. The number of nitrogens with one attached hydrogen (secondary N) is 1. The van der Waals surface area contributed by atoms with Crippen molar-refractivity contribution in [3.63, 3.8) is 0 Å². The zero-order chi connectivity index (χ0) is 32.4. The molecule has 0 spiro atoms. The van der Waals surface area contributed by atoms with Gasteiger partial charge in [0.1, 0.15) is 11.7 Å². The SMILES string of the molecule is CC/C=C(\C=C1/CC(=O)N(c2ccc(F)cc2)C(CCCCC(=O)O)=N1)C1=NO[C@@](C)(c2nc3ccc(C(F)(F)F)cc3[nH]2)C1. The number of benzene rings is 2. The minimum Gasteiger partial charge on any atom is -0.481 e. The lowest BCUT2D eigenvalue weighted by Gasteiger charge is -2.29. The maximum atomic E-state index is 13.6. The molecule has 5 rings (SSSR count). The molecule has 1 amide bonds. The number of nitrogens with zero attached hydrogens (tertiary/aromatic N) is 4. The number of carbonyl (C=O) groups excluding carboxylic acids is 1. The van der Waals surface area contributed by atoms with Gasteiger partial charge in [-0.3, -0.25) is 14.5 Å². The van der Waals surface area contributed by atoms with Crippen molar-refractivity contribution in [2.75, 3.05) is 4.90 Å². The van der Waals surface area contributed by atoms with Crippen molar-refractivity contribution in [1.29, 1.82) is 0 Å². The average molecular weight is 626 g/mol. The minimum absolute atomic E-state index is 0.0167. The van der Waals surface area contributed by atoms with E-state index in [0.29, 0.717) is 65.5 Å². The van der Waals surface area contributed by atoms with E-state index in [4.69, 9.17) is 14.9 Å². The van der Waals surface area contributed by atoms with Crippen molar-refractivity contribution in [3.05, 3.63) is 83.1 Å². The third-order valence-electron chi connectivity index (χ3n) is 7.49. The van der Waals surface area contributed by atoms with Gasteiger partial charge in [-0.1, -0.05) is 18.2 Å². The number of hydrogen-bond acceptors (Lipinski definition) is 6. The molecule has 1 atom stereocenters. The van der Waals surface area contributed by atoms with Gasteiger partial charge in [0.15, 0.2) is 11.4 Å². The molecular formula is C32H31F4N5O4. The van der Waals surface area contributed by atoms with Crippen LogP contribution in [0.3, 0.4) is 0 Å². The highest BCUT2D eigenvalue weighted by Gasteiger charge is 2.40. The van der Waals surface area contributed by atoms with Crippen molar-refractivity contribution >= 4 is 40.1 Å². The van der Waals surface area contributed by atoms with Gasteiger partial charge in [0.05, 0.1) is 40.1 Å². The molecular weight excluding hydrogens is 594 g/mol. The largest absolute Gasteiger partial charge is 0.481 e. The van der Waals surface area contributed by atoms with E-state index in [0.717, 1.165) is 12.1 Å². The van der Waals surface area contributed by atoms with Gasteiger partial charge in [-0.15, -0.1) is 0 Å². The molecule has 3 heterocycles. The highest BCUT2D eigenvalue weighted by Crippen LogP contribution is 2.38. The van der Waals surface area contributed by atoms with E-state index in [1.807, 2.05) is 13.0 Å². The summed E-state index contributed by atoms with van der Waals surface area (Å²) in [6.07, 6.45) is 1.17. The molecule has 0 bridgehead atoms. The first kappa shape index (κ1) is 31.6. The Morgan fingerprint density at radius 2 is 1.93 bits per heavy atom. The van der Waals surface area contributed by atoms with Gasteiger partial charge in [0.25, 0.3) is 0 Å². The van der Waals surface area contributed by atoms with E-state index < -0.39 is 29.1 Å². The number of carbonyl (C=O) groups is 2. The Hall–Kier alpha value is -4.81. The van der Waals surface area contributed by atoms with Crippen molar-refractivity contribution in [1.82, 2.24) is 9.97 Å². The number of allylic oxidation sites excluding steroid dienone is 3. The summed E-state index contributed by atoms with van der Waals surface area (Å²) in [5.41, 5.74) is 0.851. The second kappa shape index (κ2) is 12.7. The number of anilines is 1. The summed E-state index contributed by atoms with van der Waals surface area (Å²) in [4.78, 5) is 43.8. The quantitative estimate of drug-likeness (QED) is 0.180. The molecule has 9 nitrogen and oxygen atoms in total. The fourth-order valence-corrected chi connectivity index (χ4v) is 5.24. The minimum atomic E-state index is -4.49. The number of carboxylic acids is 1. The smallest absolute Gasteiger partial charge is 0.416 e. The molecule has 1 aromatic heterocycles. The Bertz CT molecular complexity index is 1740. The lowest BCUT2D eigenvalue weighted by atomic mass is 9.94. The number of oxime groups is 1. The van der Waals surface area contributed by atoms with Gasteiger partial charge in [0.2, 0.25) is 5.91 Å². The predicted octanol–water partition coefficient (Wildman–Crippen LogP) is 7.41. The van der Waals surface area contributed by atoms with Crippen LogP contribution in [0.2, 0.25) is 0 Å². The number of alkyl halides is 3. The van der Waals surface area contributed by atoms with E-state index in [1.54, 1.807) is 13.0 Å². The number of hydrogen-bond donors (Lipinski definition) is 2. The van der Waals surface area contributed by atoms with Crippen LogP contribution in [-0.4, -0.2) is 38.5 Å². The third kappa shape index (κ3) is 7.13. The van der Waals surface area contributed by atoms with Gasteiger partial charge in [-0.2, -0.15) is 13.2 Å². The lowest BCUT2D eigenvalue weighted by Crippen LogP contribution is -2.40. The van der Waals surface area contributed by atoms with E-state index in [2.05, 4.69) is 15.1 Å². The van der Waals surface area contributed by atoms with Crippen LogP contribution in [0.5, 0.6) is 0 Å². The van der Waals surface area contributed by atoms with E-state index in [-0.39, 0.29) is 30.7 Å². The number of aromatic nitrogens is 2. The summed E-state index contributed by atoms with van der Waals surface area (Å²) in [7, 11) is 0. The number of carboxylic acid groups (broad SMARTS) is 1. The van der Waals surface area contributed by atoms with Gasteiger partial charge >= 0.3 is 12.1 Å². The summed E-state index contributed by atoms with van der Waals surface area (Å²) in [6.45, 7) is 3.67. The predicted molar refractivity (Wildman–Crippen MR) is 160 cm³/mol. The van der Waals surface area contributed by atoms with Crippen LogP contribution in [0.25, 0.3) is 11.0 Å². The number of aliphatic imine (C=N–C) groups is 1. The maximum absolute atomic E-state index is 13.6. The topological polar surface area (TPSA) is 120 Å². The molecule has 0 aliphatic carbocycles. The Morgan fingerprint density at radius 1 is 1.18 bits per heavy atom. The number of imidazole rings is 1. The van der Waals surface area contributed by atoms with Crippen LogP contribution in [0, 0.1) is 5.82 Å². The number of rotatable bonds is 10. The molecule has 45 heavy (non-hydrogen) atoms. The van der Waals surface area contributed by atoms with Crippen LogP contribution in [0.1, 0.15) is 70.2 Å². The monoisotopic (exact) mass is 625 g/mol. The number of H-pyrrole nitrogens is 1. The second-order valence-electron chi connectivity index (χ2n) is 11.1. The van der Waals surface area contributed by atoms with Gasteiger partial charge in [-0.05, 0) is 80.3 Å². The van der Waals surface area contributed by atoms with E-state index in [1.165, 1.54) is 35.2 Å². The molecule has 2 aromatic carbocycles. The summed E-state index contributed by atoms with van der Waals surface area (Å²) >= 11 is 0. The molecule has 2 N–H and O–H groups in total. The van der Waals surface area contributed by atoms with Gasteiger partial charge in [-0.25, -0.2) is 14.4 Å². The van der Waals surface area contributed by atoms with Crippen molar-refractivity contribution in [3.8, 4) is 0 Å². The van der Waals surface area contributed by atoms with Crippen LogP contribution in [-0.2, 0) is 26.2 Å². The molecule has 236 valence electrons. The molecule has 2 aliphatic rings. The highest BCUT2D eigenvalue weighted by atomic mass is 19.4. The second-order valence-corrected chi connectivity index (χ2v) is 11.1. The molecule has 13 heteroatoms. The molecule has 0 saturated heterocycles. The van der Waals surface area contributed by atoms with Crippen LogP contribution in [0.4, 0.5) is 23.2 Å².